The van der Waals surface area contributed by atoms with Gasteiger partial charge in [-0.05, 0) is 24.1 Å². The Bertz CT molecular complexity index is 752. The van der Waals surface area contributed by atoms with Crippen molar-refractivity contribution < 1.29 is 9.59 Å². The van der Waals surface area contributed by atoms with Gasteiger partial charge in [-0.2, -0.15) is 0 Å². The van der Waals surface area contributed by atoms with Crippen LogP contribution in [0.15, 0.2) is 54.6 Å². The first-order valence-electron chi connectivity index (χ1n) is 12.2. The van der Waals surface area contributed by atoms with E-state index in [1.807, 2.05) is 54.6 Å². The molecule has 2 aromatic carbocycles. The lowest BCUT2D eigenvalue weighted by Gasteiger charge is -2.07. The van der Waals surface area contributed by atoms with E-state index in [1.54, 1.807) is 0 Å². The van der Waals surface area contributed by atoms with Crippen molar-refractivity contribution in [3.8, 4) is 0 Å². The van der Waals surface area contributed by atoms with Crippen molar-refractivity contribution in [3.05, 3.63) is 65.7 Å². The minimum atomic E-state index is 0.0732. The van der Waals surface area contributed by atoms with Gasteiger partial charge in [0.15, 0.2) is 5.78 Å². The van der Waals surface area contributed by atoms with Gasteiger partial charge in [0.05, 0.1) is 0 Å². The maximum Gasteiger partial charge on any atom is 0.224 e. The number of ketones is 1. The molecule has 0 aromatic heterocycles. The second-order valence-electron chi connectivity index (χ2n) is 8.50. The molecule has 0 aliphatic heterocycles. The molecule has 0 radical (unpaired) electrons. The molecule has 0 saturated carbocycles. The number of nitrogens with one attached hydrogen (secondary N) is 1. The lowest BCUT2D eigenvalue weighted by Crippen LogP contribution is -2.11. The highest BCUT2D eigenvalue weighted by Crippen LogP contribution is 2.15. The zero-order valence-electron chi connectivity index (χ0n) is 19.2. The van der Waals surface area contributed by atoms with Gasteiger partial charge in [-0.3, -0.25) is 9.59 Å². The van der Waals surface area contributed by atoms with Crippen molar-refractivity contribution >= 4 is 17.4 Å². The first-order valence-corrected chi connectivity index (χ1v) is 12.2. The smallest absolute Gasteiger partial charge is 0.224 e. The Labute approximate surface area is 188 Å². The molecule has 2 aromatic rings. The van der Waals surface area contributed by atoms with Gasteiger partial charge < -0.3 is 5.32 Å². The molecule has 0 saturated heterocycles. The summed E-state index contributed by atoms with van der Waals surface area (Å²) in [5.41, 5.74) is 2.48. The molecule has 0 fully saturated rings. The maximum atomic E-state index is 12.3. The molecular formula is C28H39NO2. The number of unbranched alkanes of at least 4 members (excludes halogenated alkanes) is 10. The van der Waals surface area contributed by atoms with Crippen molar-refractivity contribution in [1.82, 2.24) is 0 Å². The quantitative estimate of drug-likeness (QED) is 0.222. The predicted octanol–water partition coefficient (Wildman–Crippen LogP) is 7.75. The van der Waals surface area contributed by atoms with E-state index < -0.39 is 0 Å². The summed E-state index contributed by atoms with van der Waals surface area (Å²) < 4.78 is 0. The number of carbonyl (C=O) groups is 2. The highest BCUT2D eigenvalue weighted by molar-refractivity contribution is 5.97. The summed E-state index contributed by atoms with van der Waals surface area (Å²) in [5.74, 6) is 0.179. The van der Waals surface area contributed by atoms with E-state index in [1.165, 1.54) is 57.8 Å². The zero-order valence-corrected chi connectivity index (χ0v) is 19.2. The van der Waals surface area contributed by atoms with E-state index in [4.69, 9.17) is 0 Å². The number of hydrogen-bond donors (Lipinski definition) is 1. The summed E-state index contributed by atoms with van der Waals surface area (Å²) in [6.07, 6.45) is 15.1. The molecule has 0 heterocycles. The molecule has 31 heavy (non-hydrogen) atoms. The van der Waals surface area contributed by atoms with Crippen LogP contribution in [0.2, 0.25) is 0 Å². The highest BCUT2D eigenvalue weighted by Gasteiger charge is 2.07. The van der Waals surface area contributed by atoms with Crippen molar-refractivity contribution in [2.45, 2.75) is 90.4 Å². The van der Waals surface area contributed by atoms with E-state index in [9.17, 15) is 9.59 Å². The highest BCUT2D eigenvalue weighted by atomic mass is 16.1. The SMILES string of the molecule is CCCCCCCCCCCCCC(=O)Nc1ccc(CC(=O)c2ccccc2)cc1. The third kappa shape index (κ3) is 11.0. The topological polar surface area (TPSA) is 46.2 Å². The Kier molecular flexibility index (Phi) is 12.3. The minimum absolute atomic E-state index is 0.0732. The second kappa shape index (κ2) is 15.4. The fraction of sp³-hybridized carbons (Fsp3) is 0.500. The average molecular weight is 422 g/mol. The molecule has 1 N–H and O–H groups in total. The van der Waals surface area contributed by atoms with E-state index in [-0.39, 0.29) is 11.7 Å². The summed E-state index contributed by atoms with van der Waals surface area (Å²) >= 11 is 0. The summed E-state index contributed by atoms with van der Waals surface area (Å²) in [5, 5.41) is 2.97. The Morgan fingerprint density at radius 3 is 1.81 bits per heavy atom. The van der Waals surface area contributed by atoms with Gasteiger partial charge >= 0.3 is 0 Å². The zero-order chi connectivity index (χ0) is 22.2. The Morgan fingerprint density at radius 2 is 1.23 bits per heavy atom. The molecule has 0 aliphatic carbocycles. The number of anilines is 1. The summed E-state index contributed by atoms with van der Waals surface area (Å²) in [6.45, 7) is 2.26. The van der Waals surface area contributed by atoms with Gasteiger partial charge in [0.25, 0.3) is 0 Å². The predicted molar refractivity (Wildman–Crippen MR) is 131 cm³/mol. The first-order chi connectivity index (χ1) is 15.2. The number of amides is 1. The first kappa shape index (κ1) is 24.8. The maximum absolute atomic E-state index is 12.3. The Morgan fingerprint density at radius 1 is 0.677 bits per heavy atom. The molecule has 0 atom stereocenters. The van der Waals surface area contributed by atoms with Crippen LogP contribution in [0.3, 0.4) is 0 Å². The van der Waals surface area contributed by atoms with Gasteiger partial charge in [-0.15, -0.1) is 0 Å². The largest absolute Gasteiger partial charge is 0.326 e. The van der Waals surface area contributed by atoms with Crippen molar-refractivity contribution in [1.29, 1.82) is 0 Å². The summed E-state index contributed by atoms with van der Waals surface area (Å²) in [4.78, 5) is 24.4. The van der Waals surface area contributed by atoms with Crippen LogP contribution >= 0.6 is 0 Å². The fourth-order valence-corrected chi connectivity index (χ4v) is 3.79. The van der Waals surface area contributed by atoms with Crippen LogP contribution in [0.4, 0.5) is 5.69 Å². The third-order valence-corrected chi connectivity index (χ3v) is 5.71. The van der Waals surface area contributed by atoms with Crippen molar-refractivity contribution in [2.24, 2.45) is 0 Å². The molecule has 0 unspecified atom stereocenters. The molecule has 1 amide bonds. The van der Waals surface area contributed by atoms with Crippen LogP contribution in [0, 0.1) is 0 Å². The van der Waals surface area contributed by atoms with Gasteiger partial charge in [-0.1, -0.05) is 114 Å². The van der Waals surface area contributed by atoms with E-state index in [2.05, 4.69) is 12.2 Å². The number of carbonyl (C=O) groups excluding carboxylic acids is 2. The molecule has 168 valence electrons. The number of hydrogen-bond acceptors (Lipinski definition) is 2. The molecule has 0 aliphatic rings. The van der Waals surface area contributed by atoms with Crippen molar-refractivity contribution in [2.75, 3.05) is 5.32 Å². The number of Topliss-reactive ketones (excluding diaryl/α,β-unsaturated/α-hetero) is 1. The molecule has 3 nitrogen and oxygen atoms in total. The third-order valence-electron chi connectivity index (χ3n) is 5.71. The second-order valence-corrected chi connectivity index (χ2v) is 8.50. The number of rotatable bonds is 16. The van der Waals surface area contributed by atoms with Crippen LogP contribution in [-0.2, 0) is 11.2 Å². The van der Waals surface area contributed by atoms with Crippen LogP contribution in [0.25, 0.3) is 0 Å². The average Bonchev–Trinajstić information content (AvgIpc) is 2.79. The van der Waals surface area contributed by atoms with Crippen LogP contribution < -0.4 is 5.32 Å². The van der Waals surface area contributed by atoms with Crippen LogP contribution in [-0.4, -0.2) is 11.7 Å². The molecule has 3 heteroatoms. The standard InChI is InChI=1S/C28H39NO2/c1-2-3-4-5-6-7-8-9-10-11-15-18-28(31)29-26-21-19-24(20-22-26)23-27(30)25-16-13-12-14-17-25/h12-14,16-17,19-22H,2-11,15,18,23H2,1H3,(H,29,31). The molecule has 0 spiro atoms. The van der Waals surface area contributed by atoms with Gasteiger partial charge in [0.1, 0.15) is 0 Å². The Balaban J connectivity index is 1.54. The summed E-state index contributed by atoms with van der Waals surface area (Å²) in [6, 6.07) is 16.9. The minimum Gasteiger partial charge on any atom is -0.326 e. The van der Waals surface area contributed by atoms with Crippen molar-refractivity contribution in [3.63, 3.8) is 0 Å². The lowest BCUT2D eigenvalue weighted by molar-refractivity contribution is -0.116. The van der Waals surface area contributed by atoms with Crippen LogP contribution in [0.1, 0.15) is 99.9 Å². The van der Waals surface area contributed by atoms with E-state index in [0.29, 0.717) is 12.8 Å². The molecular weight excluding hydrogens is 382 g/mol. The van der Waals surface area contributed by atoms with E-state index >= 15 is 0 Å². The Hall–Kier alpha value is -2.42. The normalized spacial score (nSPS) is 10.7. The van der Waals surface area contributed by atoms with Crippen LogP contribution in [0.5, 0.6) is 0 Å². The van der Waals surface area contributed by atoms with E-state index in [0.717, 1.165) is 29.7 Å². The summed E-state index contributed by atoms with van der Waals surface area (Å²) in [7, 11) is 0. The molecule has 0 bridgehead atoms. The number of benzene rings is 2. The molecule has 2 rings (SSSR count). The van der Waals surface area contributed by atoms with Gasteiger partial charge in [-0.25, -0.2) is 0 Å². The monoisotopic (exact) mass is 421 g/mol. The lowest BCUT2D eigenvalue weighted by atomic mass is 10.0. The van der Waals surface area contributed by atoms with Gasteiger partial charge in [0, 0.05) is 24.1 Å². The van der Waals surface area contributed by atoms with Gasteiger partial charge in [0.2, 0.25) is 5.91 Å². The fourth-order valence-electron chi connectivity index (χ4n) is 3.79.